The molecule has 2 aliphatic carbocycles. The van der Waals surface area contributed by atoms with Crippen LogP contribution < -0.4 is 10.1 Å². The number of nitrogens with one attached hydrogen (secondary N) is 1. The second kappa shape index (κ2) is 7.28. The molecule has 1 aliphatic heterocycles. The summed E-state index contributed by atoms with van der Waals surface area (Å²) in [6, 6.07) is 7.62. The van der Waals surface area contributed by atoms with Crippen LogP contribution in [0.1, 0.15) is 43.0 Å². The highest BCUT2D eigenvalue weighted by molar-refractivity contribution is 7.88. The predicted octanol–water partition coefficient (Wildman–Crippen LogP) is 1.53. The lowest BCUT2D eigenvalue weighted by Crippen LogP contribution is -2.43. The lowest BCUT2D eigenvalue weighted by molar-refractivity contribution is -0.124. The number of carbonyl (C=O) groups is 1. The molecule has 10 heteroatoms. The van der Waals surface area contributed by atoms with Crippen LogP contribution in [-0.2, 0) is 25.6 Å². The van der Waals surface area contributed by atoms with E-state index in [4.69, 9.17) is 9.26 Å². The van der Waals surface area contributed by atoms with E-state index in [0.29, 0.717) is 37.6 Å². The van der Waals surface area contributed by atoms with Gasteiger partial charge in [0.1, 0.15) is 5.75 Å². The summed E-state index contributed by atoms with van der Waals surface area (Å²) in [4.78, 5) is 17.8. The lowest BCUT2D eigenvalue weighted by Gasteiger charge is -2.25. The fourth-order valence-electron chi connectivity index (χ4n) is 5.52. The molecule has 0 unspecified atom stereocenters. The van der Waals surface area contributed by atoms with Gasteiger partial charge < -0.3 is 14.6 Å². The minimum atomic E-state index is -3.33. The van der Waals surface area contributed by atoms with Gasteiger partial charge in [0.15, 0.2) is 5.82 Å². The molecule has 3 atom stereocenters. The summed E-state index contributed by atoms with van der Waals surface area (Å²) in [6.07, 6.45) is 4.12. The average molecular weight is 461 g/mol. The number of amides is 1. The molecule has 32 heavy (non-hydrogen) atoms. The zero-order chi connectivity index (χ0) is 22.7. The first-order valence-electron chi connectivity index (χ1n) is 10.9. The number of hydrogen-bond acceptors (Lipinski definition) is 7. The van der Waals surface area contributed by atoms with E-state index < -0.39 is 20.9 Å². The van der Waals surface area contributed by atoms with E-state index in [2.05, 4.69) is 15.5 Å². The largest absolute Gasteiger partial charge is 0.497 e. The fourth-order valence-corrected chi connectivity index (χ4v) is 6.44. The third kappa shape index (κ3) is 3.40. The third-order valence-corrected chi connectivity index (χ3v) is 8.64. The summed E-state index contributed by atoms with van der Waals surface area (Å²) < 4.78 is 36.7. The van der Waals surface area contributed by atoms with Crippen LogP contribution in [0.25, 0.3) is 0 Å². The molecule has 2 aromatic rings. The molecule has 5 rings (SSSR count). The summed E-state index contributed by atoms with van der Waals surface area (Å²) in [5.41, 5.74) is -0.0599. The van der Waals surface area contributed by atoms with Crippen LogP contribution in [0, 0.1) is 12.8 Å². The van der Waals surface area contributed by atoms with Gasteiger partial charge in [-0.1, -0.05) is 17.3 Å². The molecule has 0 bridgehead atoms. The molecular weight excluding hydrogens is 432 g/mol. The van der Waals surface area contributed by atoms with Crippen molar-refractivity contribution in [2.75, 3.05) is 26.5 Å². The van der Waals surface area contributed by atoms with Crippen LogP contribution >= 0.6 is 0 Å². The van der Waals surface area contributed by atoms with Crippen LogP contribution in [0.15, 0.2) is 28.8 Å². The number of methoxy groups -OCH3 is 1. The minimum absolute atomic E-state index is 0.0125. The van der Waals surface area contributed by atoms with Gasteiger partial charge in [0, 0.05) is 19.1 Å². The monoisotopic (exact) mass is 460 g/mol. The van der Waals surface area contributed by atoms with Gasteiger partial charge in [-0.15, -0.1) is 0 Å². The minimum Gasteiger partial charge on any atom is -0.497 e. The van der Waals surface area contributed by atoms with Gasteiger partial charge in [-0.2, -0.15) is 4.98 Å². The molecular formula is C22H28N4O5S. The highest BCUT2D eigenvalue weighted by Gasteiger charge is 2.60. The van der Waals surface area contributed by atoms with Crippen molar-refractivity contribution in [1.29, 1.82) is 0 Å². The van der Waals surface area contributed by atoms with Crippen molar-refractivity contribution in [2.45, 2.75) is 49.5 Å². The summed E-state index contributed by atoms with van der Waals surface area (Å²) >= 11 is 0. The molecule has 1 aromatic carbocycles. The zero-order valence-corrected chi connectivity index (χ0v) is 19.3. The molecule has 1 N–H and O–H groups in total. The van der Waals surface area contributed by atoms with Crippen LogP contribution in [0.2, 0.25) is 0 Å². The van der Waals surface area contributed by atoms with Crippen molar-refractivity contribution in [3.63, 3.8) is 0 Å². The van der Waals surface area contributed by atoms with Crippen LogP contribution in [-0.4, -0.2) is 61.3 Å². The van der Waals surface area contributed by atoms with Gasteiger partial charge in [0.2, 0.25) is 21.8 Å². The van der Waals surface area contributed by atoms with Crippen LogP contribution in [0.5, 0.6) is 5.75 Å². The number of sulfonamides is 1. The van der Waals surface area contributed by atoms with Crippen molar-refractivity contribution in [1.82, 2.24) is 19.8 Å². The van der Waals surface area contributed by atoms with Gasteiger partial charge in [0.05, 0.1) is 24.2 Å². The Morgan fingerprint density at radius 2 is 2.00 bits per heavy atom. The van der Waals surface area contributed by atoms with Crippen molar-refractivity contribution in [2.24, 2.45) is 5.92 Å². The van der Waals surface area contributed by atoms with Crippen LogP contribution in [0.4, 0.5) is 0 Å². The molecule has 3 aliphatic rings. The maximum atomic E-state index is 13.3. The number of rotatable bonds is 6. The molecule has 0 spiro atoms. The van der Waals surface area contributed by atoms with E-state index in [0.717, 1.165) is 24.2 Å². The second-order valence-corrected chi connectivity index (χ2v) is 11.5. The standard InChI is InChI=1S/C22H28N4O5S/c1-14-23-20(31-25-14)22-11-17(10-16(22)12-26(13-22)32(3,28)29)24-19(27)21(8-9-21)15-4-6-18(30-2)7-5-15/h4-7,16-17H,8-13H2,1-3H3,(H,24,27)/t16-,17+,22-/m0/s1. The van der Waals surface area contributed by atoms with Gasteiger partial charge in [0.25, 0.3) is 0 Å². The van der Waals surface area contributed by atoms with E-state index in [9.17, 15) is 13.2 Å². The highest BCUT2D eigenvalue weighted by Crippen LogP contribution is 2.52. The Bertz CT molecular complexity index is 1140. The topological polar surface area (TPSA) is 115 Å². The maximum Gasteiger partial charge on any atom is 0.234 e. The van der Waals surface area contributed by atoms with Crippen LogP contribution in [0.3, 0.4) is 0 Å². The molecule has 1 saturated heterocycles. The van der Waals surface area contributed by atoms with Crippen molar-refractivity contribution in [3.8, 4) is 5.75 Å². The van der Waals surface area contributed by atoms with Gasteiger partial charge in [-0.05, 0) is 56.2 Å². The summed E-state index contributed by atoms with van der Waals surface area (Å²) in [5.74, 6) is 1.80. The SMILES string of the molecule is COc1ccc(C2(C(=O)N[C@@H]3C[C@H]4CN(S(C)(=O)=O)C[C@@]4(c4nc(C)no4)C3)CC2)cc1. The van der Waals surface area contributed by atoms with Gasteiger partial charge in [-0.25, -0.2) is 12.7 Å². The number of carbonyl (C=O) groups excluding carboxylic acids is 1. The van der Waals surface area contributed by atoms with Gasteiger partial charge in [-0.3, -0.25) is 4.79 Å². The maximum absolute atomic E-state index is 13.3. The molecule has 0 radical (unpaired) electrons. The highest BCUT2D eigenvalue weighted by atomic mass is 32.2. The van der Waals surface area contributed by atoms with E-state index in [-0.39, 0.29) is 17.9 Å². The Kier molecular flexibility index (Phi) is 4.86. The lowest BCUT2D eigenvalue weighted by atomic mass is 9.80. The van der Waals surface area contributed by atoms with Crippen molar-refractivity contribution < 1.29 is 22.5 Å². The number of hydrogen-bond donors (Lipinski definition) is 1. The molecule has 2 heterocycles. The Labute approximate surface area is 187 Å². The Morgan fingerprint density at radius 1 is 1.28 bits per heavy atom. The molecule has 1 amide bonds. The number of aromatic nitrogens is 2. The zero-order valence-electron chi connectivity index (χ0n) is 18.5. The normalized spacial score (nSPS) is 29.0. The first-order chi connectivity index (χ1) is 15.2. The van der Waals surface area contributed by atoms with E-state index in [1.54, 1.807) is 14.0 Å². The first-order valence-corrected chi connectivity index (χ1v) is 12.7. The molecule has 3 fully saturated rings. The average Bonchev–Trinajstić information content (AvgIpc) is 3.13. The van der Waals surface area contributed by atoms with Crippen molar-refractivity contribution >= 4 is 15.9 Å². The predicted molar refractivity (Wildman–Crippen MR) is 116 cm³/mol. The Balaban J connectivity index is 1.36. The summed E-state index contributed by atoms with van der Waals surface area (Å²) in [6.45, 7) is 2.45. The molecule has 1 aromatic heterocycles. The smallest absolute Gasteiger partial charge is 0.234 e. The molecule has 172 valence electrons. The Hall–Kier alpha value is -2.46. The number of nitrogens with zero attached hydrogens (tertiary/aromatic N) is 3. The van der Waals surface area contributed by atoms with E-state index in [1.807, 2.05) is 24.3 Å². The number of ether oxygens (including phenoxy) is 1. The Morgan fingerprint density at radius 3 is 2.56 bits per heavy atom. The first kappa shape index (κ1) is 21.4. The summed E-state index contributed by atoms with van der Waals surface area (Å²) in [5, 5.41) is 7.21. The summed E-state index contributed by atoms with van der Waals surface area (Å²) in [7, 11) is -1.71. The quantitative estimate of drug-likeness (QED) is 0.695. The van der Waals surface area contributed by atoms with E-state index >= 15 is 0 Å². The van der Waals surface area contributed by atoms with Gasteiger partial charge >= 0.3 is 0 Å². The third-order valence-electron chi connectivity index (χ3n) is 7.43. The number of benzene rings is 1. The second-order valence-electron chi connectivity index (χ2n) is 9.48. The molecule has 2 saturated carbocycles. The van der Waals surface area contributed by atoms with E-state index in [1.165, 1.54) is 10.6 Å². The van der Waals surface area contributed by atoms with Crippen molar-refractivity contribution in [3.05, 3.63) is 41.5 Å². The number of fused-ring (bicyclic) bond motifs is 1. The molecule has 9 nitrogen and oxygen atoms in total. The number of aryl methyl sites for hydroxylation is 1. The fraction of sp³-hybridized carbons (Fsp3) is 0.591.